The highest BCUT2D eigenvalue weighted by Gasteiger charge is 2.28. The highest BCUT2D eigenvalue weighted by molar-refractivity contribution is 7.81. The van der Waals surface area contributed by atoms with E-state index in [-0.39, 0.29) is 53.4 Å². The van der Waals surface area contributed by atoms with Gasteiger partial charge in [0.25, 0.3) is 0 Å². The Balaban J connectivity index is 0.000000248. The van der Waals surface area contributed by atoms with Crippen LogP contribution < -0.4 is 23.7 Å². The normalized spacial score (nSPS) is 19.5. The second-order valence-corrected chi connectivity index (χ2v) is 37.6. The first-order valence-corrected chi connectivity index (χ1v) is 48.6. The lowest BCUT2D eigenvalue weighted by atomic mass is 9.77. The Morgan fingerprint density at radius 2 is 0.323 bits per heavy atom. The lowest BCUT2D eigenvalue weighted by molar-refractivity contribution is 0.0725. The molecule has 130 heavy (non-hydrogen) atoms. The molecule has 0 aliphatic heterocycles. The van der Waals surface area contributed by atoms with E-state index >= 15 is 0 Å². The summed E-state index contributed by atoms with van der Waals surface area (Å²) in [5, 5.41) is 0. The van der Waals surface area contributed by atoms with Gasteiger partial charge in [0, 0.05) is 24.5 Å². The monoisotopic (exact) mass is 1870 g/mol. The molecule has 5 aliphatic carbocycles. The molecule has 20 heteroatoms. The van der Waals surface area contributed by atoms with Crippen LogP contribution in [0.1, 0.15) is 336 Å². The van der Waals surface area contributed by atoms with Crippen LogP contribution in [-0.4, -0.2) is 29.8 Å². The summed E-state index contributed by atoms with van der Waals surface area (Å²) in [6.45, 7) is 11.4. The second kappa shape index (κ2) is 58.1. The molecule has 0 spiro atoms. The average molecular weight is 1870 g/mol. The van der Waals surface area contributed by atoms with Gasteiger partial charge in [0.15, 0.2) is 0 Å². The Bertz CT molecular complexity index is 4170. The van der Waals surface area contributed by atoms with E-state index in [1.54, 1.807) is 60.7 Å². The summed E-state index contributed by atoms with van der Waals surface area (Å²) in [5.74, 6) is 8.92. The zero-order valence-corrected chi connectivity index (χ0v) is 80.4. The number of esters is 5. The molecule has 0 N–H and O–H groups in total. The van der Waals surface area contributed by atoms with Crippen LogP contribution in [0.15, 0.2) is 267 Å². The van der Waals surface area contributed by atoms with Crippen molar-refractivity contribution in [2.75, 3.05) is 0 Å². The molecule has 0 amide bonds. The summed E-state index contributed by atoms with van der Waals surface area (Å²) in [4.78, 5) is 65.5. The highest BCUT2D eigenvalue weighted by Crippen LogP contribution is 2.43. The Kier molecular flexibility index (Phi) is 49.0. The Hall–Kier alpha value is -9.05. The van der Waals surface area contributed by atoms with E-state index in [2.05, 4.69) is 158 Å². The standard InChI is InChI=1S/5C22H26O2S.5FH/c5*1-2-3-16-4-6-17(7-5-16)18-8-10-19(11-9-18)22(23)24-20-12-14-21(25)15-13-20;;;;;/h5*8-17,25H,2-7H2,1H3;5*1H. The zero-order valence-electron chi connectivity index (χ0n) is 75.9. The molecule has 700 valence electrons. The van der Waals surface area contributed by atoms with Crippen LogP contribution in [0.2, 0.25) is 0 Å². The number of rotatable bonds is 25. The Morgan fingerprint density at radius 3 is 0.438 bits per heavy atom. The molecule has 0 unspecified atom stereocenters. The summed E-state index contributed by atoms with van der Waals surface area (Å²) in [6, 6.07) is 75.5. The molecule has 0 radical (unpaired) electrons. The lowest BCUT2D eigenvalue weighted by Crippen LogP contribution is -2.13. The number of benzene rings is 10. The number of carbonyl (C=O) groups excluding carboxylic acids is 5. The van der Waals surface area contributed by atoms with E-state index < -0.39 is 0 Å². The van der Waals surface area contributed by atoms with Crippen molar-refractivity contribution in [2.24, 2.45) is 29.6 Å². The summed E-state index contributed by atoms with van der Waals surface area (Å²) in [5.41, 5.74) is 9.74. The van der Waals surface area contributed by atoms with Gasteiger partial charge in [-0.25, -0.2) is 24.0 Å². The van der Waals surface area contributed by atoms with E-state index in [1.165, 1.54) is 220 Å². The zero-order chi connectivity index (χ0) is 88.2. The van der Waals surface area contributed by atoms with Crippen LogP contribution in [0.4, 0.5) is 23.5 Å². The van der Waals surface area contributed by atoms with Gasteiger partial charge in [-0.1, -0.05) is 159 Å². The van der Waals surface area contributed by atoms with Crippen molar-refractivity contribution in [1.82, 2.24) is 0 Å². The summed E-state index contributed by atoms with van der Waals surface area (Å²) in [6.07, 6.45) is 39.4. The summed E-state index contributed by atoms with van der Waals surface area (Å²) >= 11 is 21.2. The van der Waals surface area contributed by atoms with Crippen molar-refractivity contribution in [3.05, 3.63) is 298 Å². The number of hydrogen-bond donors (Lipinski definition) is 5. The molecule has 0 heterocycles. The van der Waals surface area contributed by atoms with Gasteiger partial charge >= 0.3 is 29.8 Å². The van der Waals surface area contributed by atoms with Crippen LogP contribution in [0.3, 0.4) is 0 Å². The fraction of sp³-hybridized carbons (Fsp3) is 0.409. The van der Waals surface area contributed by atoms with Crippen molar-refractivity contribution >= 4 is 93.0 Å². The van der Waals surface area contributed by atoms with Gasteiger partial charge in [0.1, 0.15) is 28.7 Å². The van der Waals surface area contributed by atoms with Crippen molar-refractivity contribution in [1.29, 1.82) is 0 Å². The average Bonchev–Trinajstić information content (AvgIpc) is 0.854. The van der Waals surface area contributed by atoms with E-state index in [1.807, 2.05) is 121 Å². The van der Waals surface area contributed by atoms with E-state index in [4.69, 9.17) is 23.7 Å². The van der Waals surface area contributed by atoms with E-state index in [9.17, 15) is 24.0 Å². The second-order valence-electron chi connectivity index (χ2n) is 35.1. The van der Waals surface area contributed by atoms with Crippen molar-refractivity contribution in [3.63, 3.8) is 0 Å². The molecular weight excluding hydrogens is 1740 g/mol. The number of carbonyl (C=O) groups is 5. The van der Waals surface area contributed by atoms with E-state index in [0.29, 0.717) is 86.2 Å². The lowest BCUT2D eigenvalue weighted by Gasteiger charge is -2.28. The molecule has 5 saturated carbocycles. The van der Waals surface area contributed by atoms with Crippen LogP contribution >= 0.6 is 63.1 Å². The molecule has 0 aromatic heterocycles. The van der Waals surface area contributed by atoms with Gasteiger partial charge in [-0.15, -0.1) is 63.1 Å². The minimum absolute atomic E-state index is 0. The number of halogens is 5. The van der Waals surface area contributed by atoms with Gasteiger partial charge in [-0.05, 0) is 397 Å². The first-order valence-electron chi connectivity index (χ1n) is 46.3. The number of thiol groups is 5. The Morgan fingerprint density at radius 1 is 0.200 bits per heavy atom. The SMILES string of the molecule is CCCC1CCC(c2ccc(C(=O)Oc3ccc(S)cc3)cc2)CC1.CCCC1CCC(c2ccc(C(=O)Oc3ccc(S)cc3)cc2)CC1.CCCC1CCC(c2ccc(C(=O)Oc3ccc(S)cc3)cc2)CC1.CCCC1CCC(c2ccc(C(=O)Oc3ccc(S)cc3)cc2)CC1.CCCC1CCC(c2ccc(C(=O)Oc3ccc(S)cc3)cc2)CC1.F.F.F.F.F. The predicted octanol–water partition coefficient (Wildman–Crippen LogP) is 32.1. The predicted molar refractivity (Wildman–Crippen MR) is 536 cm³/mol. The molecule has 10 aromatic carbocycles. The number of ether oxygens (including phenoxy) is 5. The smallest absolute Gasteiger partial charge is 0.343 e. The van der Waals surface area contributed by atoms with Gasteiger partial charge in [-0.2, -0.15) is 0 Å². The van der Waals surface area contributed by atoms with Gasteiger partial charge < -0.3 is 23.7 Å². The maximum atomic E-state index is 12.3. The summed E-state index contributed by atoms with van der Waals surface area (Å²) < 4.78 is 27.0. The third-order valence-electron chi connectivity index (χ3n) is 26.0. The first kappa shape index (κ1) is 110. The van der Waals surface area contributed by atoms with Crippen molar-refractivity contribution in [2.45, 2.75) is 281 Å². The molecule has 10 aromatic rings. The first-order chi connectivity index (χ1) is 60.8. The fourth-order valence-corrected chi connectivity index (χ4v) is 19.6. The van der Waals surface area contributed by atoms with Crippen LogP contribution in [0.5, 0.6) is 28.7 Å². The summed E-state index contributed by atoms with van der Waals surface area (Å²) in [7, 11) is 0. The molecule has 15 rings (SSSR count). The quantitative estimate of drug-likeness (QED) is 0.0163. The topological polar surface area (TPSA) is 132 Å². The van der Waals surface area contributed by atoms with Gasteiger partial charge in [0.2, 0.25) is 0 Å². The molecular formula is C110H135F5O10S5. The molecule has 0 bridgehead atoms. The van der Waals surface area contributed by atoms with Crippen molar-refractivity contribution in [3.8, 4) is 28.7 Å². The molecule has 10 nitrogen and oxygen atoms in total. The van der Waals surface area contributed by atoms with Gasteiger partial charge in [0.05, 0.1) is 27.8 Å². The Labute approximate surface area is 796 Å². The maximum absolute atomic E-state index is 12.3. The van der Waals surface area contributed by atoms with Gasteiger partial charge in [-0.3, -0.25) is 23.5 Å². The third-order valence-corrected chi connectivity index (χ3v) is 27.5. The number of hydrogen-bond acceptors (Lipinski definition) is 15. The van der Waals surface area contributed by atoms with Crippen LogP contribution in [0, 0.1) is 29.6 Å². The third kappa shape index (κ3) is 35.5. The fourth-order valence-electron chi connectivity index (χ4n) is 18.8. The minimum atomic E-state index is -0.315. The molecule has 5 fully saturated rings. The maximum Gasteiger partial charge on any atom is 0.343 e. The molecule has 0 atom stereocenters. The van der Waals surface area contributed by atoms with E-state index in [0.717, 1.165) is 54.1 Å². The largest absolute Gasteiger partial charge is 0.423 e. The van der Waals surface area contributed by atoms with Crippen molar-refractivity contribution < 1.29 is 71.2 Å². The minimum Gasteiger partial charge on any atom is -0.423 e. The van der Waals surface area contributed by atoms with Crippen LogP contribution in [0.25, 0.3) is 0 Å². The highest BCUT2D eigenvalue weighted by atomic mass is 32.1. The van der Waals surface area contributed by atoms with Crippen LogP contribution in [-0.2, 0) is 0 Å². The molecule has 0 saturated heterocycles. The molecule has 5 aliphatic rings.